The fraction of sp³-hybridized carbons (Fsp3) is 0.273. The van der Waals surface area contributed by atoms with Gasteiger partial charge in [-0.3, -0.25) is 0 Å². The summed E-state index contributed by atoms with van der Waals surface area (Å²) in [6, 6.07) is 3.72. The van der Waals surface area contributed by atoms with E-state index in [0.29, 0.717) is 5.39 Å². The molecule has 0 bridgehead atoms. The standard InChI is InChI=1S/C11H11FOS/c1-2-7-4-11-9(3-8(7)5-13)10(12)6-14-11/h3-4,6,13H,2,5H2,1H3. The Morgan fingerprint density at radius 2 is 2.14 bits per heavy atom. The number of aliphatic hydroxyl groups is 1. The van der Waals surface area contributed by atoms with Gasteiger partial charge in [0.25, 0.3) is 0 Å². The summed E-state index contributed by atoms with van der Waals surface area (Å²) in [4.78, 5) is 0. The number of rotatable bonds is 2. The number of benzene rings is 1. The van der Waals surface area contributed by atoms with Gasteiger partial charge in [0.1, 0.15) is 5.82 Å². The monoisotopic (exact) mass is 210 g/mol. The first-order valence-electron chi connectivity index (χ1n) is 4.55. The van der Waals surface area contributed by atoms with Crippen LogP contribution in [0, 0.1) is 5.82 Å². The van der Waals surface area contributed by atoms with Crippen molar-refractivity contribution in [2.24, 2.45) is 0 Å². The van der Waals surface area contributed by atoms with Crippen LogP contribution in [0.15, 0.2) is 17.5 Å². The third-order valence-electron chi connectivity index (χ3n) is 2.40. The highest BCUT2D eigenvalue weighted by Crippen LogP contribution is 2.28. The van der Waals surface area contributed by atoms with Gasteiger partial charge in [0.15, 0.2) is 0 Å². The molecule has 0 fully saturated rings. The molecular formula is C11H11FOS. The van der Waals surface area contributed by atoms with Crippen molar-refractivity contribution in [1.29, 1.82) is 0 Å². The predicted octanol–water partition coefficient (Wildman–Crippen LogP) is 3.10. The first-order chi connectivity index (χ1) is 6.76. The maximum atomic E-state index is 13.2. The number of hydrogen-bond donors (Lipinski definition) is 1. The Hall–Kier alpha value is -0.930. The molecule has 3 heteroatoms. The molecule has 14 heavy (non-hydrogen) atoms. The van der Waals surface area contributed by atoms with Crippen LogP contribution < -0.4 is 0 Å². The van der Waals surface area contributed by atoms with Crippen molar-refractivity contribution >= 4 is 21.4 Å². The number of halogens is 1. The molecule has 74 valence electrons. The molecule has 0 atom stereocenters. The number of aliphatic hydroxyl groups excluding tert-OH is 1. The van der Waals surface area contributed by atoms with Gasteiger partial charge >= 0.3 is 0 Å². The fourth-order valence-electron chi connectivity index (χ4n) is 1.61. The van der Waals surface area contributed by atoms with Crippen LogP contribution in [0.1, 0.15) is 18.1 Å². The summed E-state index contributed by atoms with van der Waals surface area (Å²) in [5.74, 6) is -0.192. The number of fused-ring (bicyclic) bond motifs is 1. The van der Waals surface area contributed by atoms with Gasteiger partial charge in [-0.05, 0) is 29.7 Å². The van der Waals surface area contributed by atoms with Crippen molar-refractivity contribution in [3.8, 4) is 0 Å². The summed E-state index contributed by atoms with van der Waals surface area (Å²) < 4.78 is 14.2. The van der Waals surface area contributed by atoms with Crippen LogP contribution in [0.4, 0.5) is 4.39 Å². The van der Waals surface area contributed by atoms with Crippen LogP contribution >= 0.6 is 11.3 Å². The average Bonchev–Trinajstić information content (AvgIpc) is 2.58. The minimum atomic E-state index is -0.192. The minimum absolute atomic E-state index is 0.0194. The Morgan fingerprint density at radius 3 is 2.79 bits per heavy atom. The molecule has 0 aliphatic rings. The molecule has 0 spiro atoms. The zero-order valence-corrected chi connectivity index (χ0v) is 8.70. The molecule has 0 unspecified atom stereocenters. The summed E-state index contributed by atoms with van der Waals surface area (Å²) in [5, 5.41) is 11.2. The van der Waals surface area contributed by atoms with E-state index in [0.717, 1.165) is 22.2 Å². The smallest absolute Gasteiger partial charge is 0.141 e. The van der Waals surface area contributed by atoms with Crippen molar-refractivity contribution in [3.05, 3.63) is 34.5 Å². The minimum Gasteiger partial charge on any atom is -0.392 e. The van der Waals surface area contributed by atoms with E-state index in [9.17, 15) is 4.39 Å². The van der Waals surface area contributed by atoms with Gasteiger partial charge in [0.2, 0.25) is 0 Å². The zero-order valence-electron chi connectivity index (χ0n) is 7.88. The van der Waals surface area contributed by atoms with Crippen molar-refractivity contribution in [2.45, 2.75) is 20.0 Å². The molecule has 0 aliphatic carbocycles. The van der Waals surface area contributed by atoms with Crippen molar-refractivity contribution < 1.29 is 9.50 Å². The normalized spacial score (nSPS) is 11.1. The van der Waals surface area contributed by atoms with Gasteiger partial charge in [-0.25, -0.2) is 4.39 Å². The third kappa shape index (κ3) is 1.42. The van der Waals surface area contributed by atoms with Gasteiger partial charge in [0, 0.05) is 15.5 Å². The lowest BCUT2D eigenvalue weighted by atomic mass is 10.0. The Bertz CT molecular complexity index is 462. The fourth-order valence-corrected chi connectivity index (χ4v) is 2.46. The highest BCUT2D eigenvalue weighted by atomic mass is 32.1. The van der Waals surface area contributed by atoms with E-state index in [4.69, 9.17) is 5.11 Å². The Morgan fingerprint density at radius 1 is 1.36 bits per heavy atom. The van der Waals surface area contributed by atoms with Gasteiger partial charge in [-0.2, -0.15) is 0 Å². The molecule has 1 nitrogen and oxygen atoms in total. The quantitative estimate of drug-likeness (QED) is 0.807. The zero-order chi connectivity index (χ0) is 10.1. The van der Waals surface area contributed by atoms with Crippen LogP contribution in [0.25, 0.3) is 10.1 Å². The van der Waals surface area contributed by atoms with Gasteiger partial charge < -0.3 is 5.11 Å². The van der Waals surface area contributed by atoms with E-state index in [1.54, 1.807) is 6.07 Å². The van der Waals surface area contributed by atoms with E-state index in [1.807, 2.05) is 13.0 Å². The number of hydrogen-bond acceptors (Lipinski definition) is 2. The van der Waals surface area contributed by atoms with Crippen LogP contribution in [0.2, 0.25) is 0 Å². The maximum absolute atomic E-state index is 13.2. The highest BCUT2D eigenvalue weighted by molar-refractivity contribution is 7.17. The van der Waals surface area contributed by atoms with Crippen molar-refractivity contribution in [1.82, 2.24) is 0 Å². The molecule has 1 aromatic heterocycles. The molecule has 0 saturated heterocycles. The van der Waals surface area contributed by atoms with Crippen molar-refractivity contribution in [3.63, 3.8) is 0 Å². The molecule has 0 amide bonds. The van der Waals surface area contributed by atoms with Crippen LogP contribution in [-0.4, -0.2) is 5.11 Å². The summed E-state index contributed by atoms with van der Waals surface area (Å²) in [6.07, 6.45) is 0.866. The molecule has 0 saturated carbocycles. The summed E-state index contributed by atoms with van der Waals surface area (Å²) >= 11 is 1.41. The highest BCUT2D eigenvalue weighted by Gasteiger charge is 2.07. The molecule has 0 radical (unpaired) electrons. The molecular weight excluding hydrogens is 199 g/mol. The lowest BCUT2D eigenvalue weighted by Crippen LogP contribution is -1.91. The summed E-state index contributed by atoms with van der Waals surface area (Å²) in [5.41, 5.74) is 1.93. The number of aryl methyl sites for hydroxylation is 1. The Balaban J connectivity index is 2.71. The molecule has 2 rings (SSSR count). The second kappa shape index (κ2) is 3.67. The topological polar surface area (TPSA) is 20.2 Å². The summed E-state index contributed by atoms with van der Waals surface area (Å²) in [7, 11) is 0. The van der Waals surface area contributed by atoms with Crippen molar-refractivity contribution in [2.75, 3.05) is 0 Å². The number of thiophene rings is 1. The van der Waals surface area contributed by atoms with E-state index >= 15 is 0 Å². The molecule has 1 N–H and O–H groups in total. The largest absolute Gasteiger partial charge is 0.392 e. The Labute approximate surface area is 85.8 Å². The first kappa shape index (κ1) is 9.62. The van der Waals surface area contributed by atoms with E-state index < -0.39 is 0 Å². The Kier molecular flexibility index (Phi) is 2.52. The predicted molar refractivity (Wildman–Crippen MR) is 57.1 cm³/mol. The van der Waals surface area contributed by atoms with E-state index in [1.165, 1.54) is 16.7 Å². The third-order valence-corrected chi connectivity index (χ3v) is 3.32. The first-order valence-corrected chi connectivity index (χ1v) is 5.43. The second-order valence-electron chi connectivity index (χ2n) is 3.21. The lowest BCUT2D eigenvalue weighted by molar-refractivity contribution is 0.281. The summed E-state index contributed by atoms with van der Waals surface area (Å²) in [6.45, 7) is 2.01. The van der Waals surface area contributed by atoms with E-state index in [-0.39, 0.29) is 12.4 Å². The van der Waals surface area contributed by atoms with Gasteiger partial charge in [-0.1, -0.05) is 6.92 Å². The lowest BCUT2D eigenvalue weighted by Gasteiger charge is -2.04. The molecule has 1 heterocycles. The van der Waals surface area contributed by atoms with Crippen LogP contribution in [-0.2, 0) is 13.0 Å². The molecule has 1 aromatic carbocycles. The second-order valence-corrected chi connectivity index (χ2v) is 4.12. The van der Waals surface area contributed by atoms with Gasteiger partial charge in [0.05, 0.1) is 6.61 Å². The van der Waals surface area contributed by atoms with Crippen LogP contribution in [0.5, 0.6) is 0 Å². The maximum Gasteiger partial charge on any atom is 0.141 e. The van der Waals surface area contributed by atoms with Crippen LogP contribution in [0.3, 0.4) is 0 Å². The molecule has 2 aromatic rings. The molecule has 0 aliphatic heterocycles. The van der Waals surface area contributed by atoms with Gasteiger partial charge in [-0.15, -0.1) is 11.3 Å². The van der Waals surface area contributed by atoms with E-state index in [2.05, 4.69) is 0 Å². The average molecular weight is 210 g/mol. The SMILES string of the molecule is CCc1cc2scc(F)c2cc1CO.